The van der Waals surface area contributed by atoms with Gasteiger partial charge in [-0.05, 0) is 0 Å². The van der Waals surface area contributed by atoms with Crippen molar-refractivity contribution < 1.29 is 0 Å². The van der Waals surface area contributed by atoms with Gasteiger partial charge in [-0.1, -0.05) is 25.6 Å². The van der Waals surface area contributed by atoms with E-state index < -0.39 is 0 Å². The zero-order valence-corrected chi connectivity index (χ0v) is 5.75. The van der Waals surface area contributed by atoms with Gasteiger partial charge in [0.15, 0.2) is 0 Å². The highest BCUT2D eigenvalue weighted by molar-refractivity contribution is 7.99. The maximum absolute atomic E-state index is 3.83. The van der Waals surface area contributed by atoms with Gasteiger partial charge in [-0.15, -0.1) is 5.10 Å². The van der Waals surface area contributed by atoms with E-state index in [4.69, 9.17) is 0 Å². The van der Waals surface area contributed by atoms with E-state index in [2.05, 4.69) is 29.3 Å². The summed E-state index contributed by atoms with van der Waals surface area (Å²) in [4.78, 5) is 0. The zero-order valence-electron chi connectivity index (χ0n) is 4.93. The van der Waals surface area contributed by atoms with E-state index in [0.29, 0.717) is 5.25 Å². The van der Waals surface area contributed by atoms with Gasteiger partial charge in [-0.3, -0.25) is 5.10 Å². The molecule has 4 heteroatoms. The largest absolute Gasteiger partial charge is 0.261 e. The number of aromatic amines is 2. The minimum atomic E-state index is 0.614. The second kappa shape index (κ2) is 2.26. The first-order chi connectivity index (χ1) is 3.79. The molecule has 0 radical (unpaired) electrons. The molecule has 0 bridgehead atoms. The third-order valence-corrected chi connectivity index (χ3v) is 1.56. The predicted octanol–water partition coefficient (Wildman–Crippen LogP) is 1.24. The Morgan fingerprint density at radius 2 is 2.25 bits per heavy atom. The summed E-state index contributed by atoms with van der Waals surface area (Å²) in [7, 11) is 0. The van der Waals surface area contributed by atoms with Crippen LogP contribution in [0.25, 0.3) is 0 Å². The smallest absolute Gasteiger partial charge is 0.202 e. The summed E-state index contributed by atoms with van der Waals surface area (Å²) >= 11 is 1.72. The molecule has 0 aliphatic rings. The van der Waals surface area contributed by atoms with Crippen LogP contribution >= 0.6 is 11.8 Å². The van der Waals surface area contributed by atoms with Crippen LogP contribution in [0.3, 0.4) is 0 Å². The molecule has 0 aliphatic carbocycles. The molecular formula is C4H9N3S. The number of hydrogen-bond acceptors (Lipinski definition) is 2. The molecule has 0 aliphatic heterocycles. The topological polar surface area (TPSA) is 44.5 Å². The average molecular weight is 131 g/mol. The third-order valence-electron chi connectivity index (χ3n) is 0.668. The lowest BCUT2D eigenvalue weighted by Gasteiger charge is -2.03. The van der Waals surface area contributed by atoms with Gasteiger partial charge >= 0.3 is 0 Å². The Hall–Kier alpha value is -0.380. The fourth-order valence-electron chi connectivity index (χ4n) is 0.381. The van der Waals surface area contributed by atoms with Crippen molar-refractivity contribution in [2.24, 2.45) is 0 Å². The summed E-state index contributed by atoms with van der Waals surface area (Å²) in [6.07, 6.45) is 0. The van der Waals surface area contributed by atoms with Gasteiger partial charge in [0.25, 0.3) is 0 Å². The zero-order chi connectivity index (χ0) is 5.98. The number of nitrogens with zero attached hydrogens (tertiary/aromatic N) is 1. The molecule has 0 aromatic carbocycles. The summed E-state index contributed by atoms with van der Waals surface area (Å²) in [6.45, 7) is 4.26. The van der Waals surface area contributed by atoms with Crippen molar-refractivity contribution in [3.8, 4) is 0 Å². The van der Waals surface area contributed by atoms with Crippen molar-refractivity contribution in [3.05, 3.63) is 0 Å². The highest BCUT2D eigenvalue weighted by atomic mass is 32.2. The first kappa shape index (κ1) is 5.75. The Kier molecular flexibility index (Phi) is 1.62. The lowest BCUT2D eigenvalue weighted by Crippen LogP contribution is -2.00. The Balaban J connectivity index is 2.28. The molecule has 0 saturated heterocycles. The molecule has 0 amide bonds. The fourth-order valence-corrected chi connectivity index (χ4v) is 1.03. The fraction of sp³-hybridized carbons (Fsp3) is 0.750. The molecule has 46 valence electrons. The summed E-state index contributed by atoms with van der Waals surface area (Å²) in [5.74, 6) is 0. The van der Waals surface area contributed by atoms with E-state index in [1.54, 1.807) is 11.8 Å². The van der Waals surface area contributed by atoms with Crippen molar-refractivity contribution >= 4 is 11.8 Å². The Morgan fingerprint density at radius 1 is 1.62 bits per heavy atom. The maximum Gasteiger partial charge on any atom is 0.202 e. The molecule has 0 spiro atoms. The minimum Gasteiger partial charge on any atom is -0.261 e. The first-order valence-corrected chi connectivity index (χ1v) is 3.42. The van der Waals surface area contributed by atoms with Gasteiger partial charge in [-0.2, -0.15) is 0 Å². The van der Waals surface area contributed by atoms with E-state index in [-0.39, 0.29) is 0 Å². The predicted molar refractivity (Wildman–Crippen MR) is 33.9 cm³/mol. The van der Waals surface area contributed by atoms with Crippen LogP contribution in [0.2, 0.25) is 0 Å². The normalized spacial score (nSPS) is 10.9. The Labute approximate surface area is 52.2 Å². The van der Waals surface area contributed by atoms with Crippen molar-refractivity contribution in [3.63, 3.8) is 0 Å². The average Bonchev–Trinajstić information content (AvgIpc) is 1.55. The number of H-pyrrole nitrogens is 2. The standard InChI is InChI=1S/C4H9N3S/c1-3(2)8-4-5-7-6-4/h3,7H,1-2H3,(H,5,6). The molecule has 1 rings (SSSR count). The molecule has 0 unspecified atom stereocenters. The molecule has 1 heterocycles. The molecule has 0 saturated carbocycles. The van der Waals surface area contributed by atoms with Crippen LogP contribution < -0.4 is 0 Å². The molecule has 2 N–H and O–H groups in total. The van der Waals surface area contributed by atoms with Gasteiger partial charge in [-0.25, -0.2) is 5.21 Å². The van der Waals surface area contributed by atoms with E-state index in [0.717, 1.165) is 5.16 Å². The van der Waals surface area contributed by atoms with E-state index in [9.17, 15) is 0 Å². The van der Waals surface area contributed by atoms with E-state index in [1.807, 2.05) is 0 Å². The van der Waals surface area contributed by atoms with Crippen LogP contribution in [0.1, 0.15) is 13.8 Å². The summed E-state index contributed by atoms with van der Waals surface area (Å²) in [5, 5.41) is 10.9. The SMILES string of the molecule is CC(C)Sc1n[nH][nH]1. The van der Waals surface area contributed by atoms with Gasteiger partial charge in [0, 0.05) is 5.25 Å². The highest BCUT2D eigenvalue weighted by Gasteiger charge is 1.99. The molecule has 1 aromatic rings. The second-order valence-electron chi connectivity index (χ2n) is 1.82. The molecule has 0 fully saturated rings. The summed E-state index contributed by atoms with van der Waals surface area (Å²) in [6, 6.07) is 0. The maximum atomic E-state index is 3.83. The lowest BCUT2D eigenvalue weighted by molar-refractivity contribution is 0.638. The molecule has 8 heavy (non-hydrogen) atoms. The van der Waals surface area contributed by atoms with Gasteiger partial charge in [0.05, 0.1) is 0 Å². The van der Waals surface area contributed by atoms with Crippen LogP contribution in [0, 0.1) is 0 Å². The Bertz CT molecular complexity index is 135. The summed E-state index contributed by atoms with van der Waals surface area (Å²) < 4.78 is 0. The van der Waals surface area contributed by atoms with Crippen LogP contribution in [-0.2, 0) is 0 Å². The number of nitrogens with one attached hydrogen (secondary N) is 2. The van der Waals surface area contributed by atoms with Crippen molar-refractivity contribution in [2.45, 2.75) is 24.3 Å². The molecule has 1 aromatic heterocycles. The van der Waals surface area contributed by atoms with Gasteiger partial charge in [0.1, 0.15) is 0 Å². The number of aromatic nitrogens is 3. The molecule has 0 atom stereocenters. The van der Waals surface area contributed by atoms with E-state index >= 15 is 0 Å². The highest BCUT2D eigenvalue weighted by Crippen LogP contribution is 2.16. The minimum absolute atomic E-state index is 0.614. The van der Waals surface area contributed by atoms with E-state index in [1.165, 1.54) is 0 Å². The Morgan fingerprint density at radius 3 is 2.38 bits per heavy atom. The van der Waals surface area contributed by atoms with Crippen LogP contribution in [0.15, 0.2) is 5.16 Å². The number of rotatable bonds is 2. The van der Waals surface area contributed by atoms with Crippen molar-refractivity contribution in [2.75, 3.05) is 0 Å². The lowest BCUT2D eigenvalue weighted by atomic mass is 10.6. The molecular weight excluding hydrogens is 122 g/mol. The van der Waals surface area contributed by atoms with Crippen LogP contribution in [0.5, 0.6) is 0 Å². The molecule has 3 nitrogen and oxygen atoms in total. The van der Waals surface area contributed by atoms with Crippen molar-refractivity contribution in [1.82, 2.24) is 15.4 Å². The first-order valence-electron chi connectivity index (χ1n) is 2.54. The van der Waals surface area contributed by atoms with Crippen LogP contribution in [0.4, 0.5) is 0 Å². The van der Waals surface area contributed by atoms with Crippen LogP contribution in [-0.4, -0.2) is 20.7 Å². The number of hydrogen-bond donors (Lipinski definition) is 2. The number of thioether (sulfide) groups is 1. The quantitative estimate of drug-likeness (QED) is 0.593. The summed E-state index contributed by atoms with van der Waals surface area (Å²) in [5.41, 5.74) is 0. The van der Waals surface area contributed by atoms with Crippen molar-refractivity contribution in [1.29, 1.82) is 0 Å². The van der Waals surface area contributed by atoms with Gasteiger partial charge in [0.2, 0.25) is 5.16 Å². The second-order valence-corrected chi connectivity index (χ2v) is 3.39. The third kappa shape index (κ3) is 1.30. The monoisotopic (exact) mass is 131 g/mol. The van der Waals surface area contributed by atoms with Gasteiger partial charge < -0.3 is 0 Å².